The zero-order valence-corrected chi connectivity index (χ0v) is 12.5. The van der Waals surface area contributed by atoms with Gasteiger partial charge in [-0.05, 0) is 51.3 Å². The number of nitro benzene ring substituents is 1. The first-order valence-electron chi connectivity index (χ1n) is 5.97. The summed E-state index contributed by atoms with van der Waals surface area (Å²) < 4.78 is 13.4. The lowest BCUT2D eigenvalue weighted by Gasteiger charge is -2.03. The Kier molecular flexibility index (Phi) is 4.53. The summed E-state index contributed by atoms with van der Waals surface area (Å²) in [5.74, 6) is -0.983. The SMILES string of the molecule is N#C/C(=C/c1cc(Br)c(O)c([N+](=O)[O-])c1)c1cccc(F)c1. The van der Waals surface area contributed by atoms with Gasteiger partial charge in [-0.2, -0.15) is 5.26 Å². The zero-order valence-electron chi connectivity index (χ0n) is 11.0. The number of phenolic OH excluding ortho intramolecular Hbond substituents is 1. The van der Waals surface area contributed by atoms with Crippen LogP contribution in [0.4, 0.5) is 10.1 Å². The summed E-state index contributed by atoms with van der Waals surface area (Å²) in [7, 11) is 0. The van der Waals surface area contributed by atoms with E-state index in [0.29, 0.717) is 11.1 Å². The Morgan fingerprint density at radius 3 is 2.73 bits per heavy atom. The minimum absolute atomic E-state index is 0.129. The monoisotopic (exact) mass is 362 g/mol. The smallest absolute Gasteiger partial charge is 0.312 e. The molecule has 7 heteroatoms. The Bertz CT molecular complexity index is 828. The molecule has 0 aliphatic rings. The maximum Gasteiger partial charge on any atom is 0.312 e. The van der Waals surface area contributed by atoms with Gasteiger partial charge in [0.1, 0.15) is 5.82 Å². The number of allylic oxidation sites excluding steroid dienone is 1. The van der Waals surface area contributed by atoms with E-state index in [1.54, 1.807) is 6.07 Å². The van der Waals surface area contributed by atoms with E-state index in [4.69, 9.17) is 0 Å². The Hall–Kier alpha value is -2.72. The van der Waals surface area contributed by atoms with Crippen LogP contribution in [0.5, 0.6) is 5.75 Å². The van der Waals surface area contributed by atoms with Gasteiger partial charge in [0.05, 0.1) is 21.0 Å². The van der Waals surface area contributed by atoms with Crippen molar-refractivity contribution in [2.75, 3.05) is 0 Å². The van der Waals surface area contributed by atoms with Crippen LogP contribution in [0, 0.1) is 27.3 Å². The van der Waals surface area contributed by atoms with Crippen LogP contribution in [-0.2, 0) is 0 Å². The fourth-order valence-electron chi connectivity index (χ4n) is 1.83. The van der Waals surface area contributed by atoms with Crippen LogP contribution in [0.3, 0.4) is 0 Å². The van der Waals surface area contributed by atoms with Crippen LogP contribution in [0.25, 0.3) is 11.6 Å². The molecule has 2 aromatic rings. The van der Waals surface area contributed by atoms with Crippen molar-refractivity contribution >= 4 is 33.3 Å². The standard InChI is InChI=1S/C15H8BrFN2O3/c16-13-5-9(6-14(15(13)20)19(21)22)4-11(8-18)10-2-1-3-12(17)7-10/h1-7,20H/b11-4-. The molecule has 2 rings (SSSR count). The van der Waals surface area contributed by atoms with Gasteiger partial charge >= 0.3 is 5.69 Å². The summed E-state index contributed by atoms with van der Waals surface area (Å²) in [6.07, 6.45) is 1.38. The van der Waals surface area contributed by atoms with Gasteiger partial charge in [0.2, 0.25) is 5.75 Å². The number of phenols is 1. The Morgan fingerprint density at radius 2 is 2.14 bits per heavy atom. The molecule has 0 saturated heterocycles. The zero-order chi connectivity index (χ0) is 16.3. The van der Waals surface area contributed by atoms with Crippen molar-refractivity contribution in [3.05, 3.63) is 67.9 Å². The molecule has 2 aromatic carbocycles. The summed E-state index contributed by atoms with van der Waals surface area (Å²) in [4.78, 5) is 10.2. The average molecular weight is 363 g/mol. The summed E-state index contributed by atoms with van der Waals surface area (Å²) in [6.45, 7) is 0. The number of hydrogen-bond donors (Lipinski definition) is 1. The highest BCUT2D eigenvalue weighted by Gasteiger charge is 2.17. The molecule has 0 bridgehead atoms. The van der Waals surface area contributed by atoms with E-state index in [1.165, 1.54) is 30.3 Å². The van der Waals surface area contributed by atoms with Gasteiger partial charge < -0.3 is 5.11 Å². The first-order valence-corrected chi connectivity index (χ1v) is 6.76. The minimum Gasteiger partial charge on any atom is -0.501 e. The summed E-state index contributed by atoms with van der Waals surface area (Å²) in [6, 6.07) is 9.95. The molecule has 1 N–H and O–H groups in total. The first-order chi connectivity index (χ1) is 10.4. The second-order valence-corrected chi connectivity index (χ2v) is 5.16. The fourth-order valence-corrected chi connectivity index (χ4v) is 2.30. The van der Waals surface area contributed by atoms with Crippen LogP contribution in [0.15, 0.2) is 40.9 Å². The largest absolute Gasteiger partial charge is 0.501 e. The number of halogens is 2. The van der Waals surface area contributed by atoms with Gasteiger partial charge in [-0.25, -0.2) is 4.39 Å². The summed E-state index contributed by atoms with van der Waals surface area (Å²) >= 11 is 3.02. The van der Waals surface area contributed by atoms with E-state index in [-0.39, 0.29) is 10.0 Å². The van der Waals surface area contributed by atoms with Crippen LogP contribution in [-0.4, -0.2) is 10.0 Å². The Labute approximate surface area is 133 Å². The van der Waals surface area contributed by atoms with Crippen molar-refractivity contribution in [1.29, 1.82) is 5.26 Å². The molecule has 0 radical (unpaired) electrons. The van der Waals surface area contributed by atoms with Crippen molar-refractivity contribution in [1.82, 2.24) is 0 Å². The molecule has 0 aliphatic heterocycles. The third-order valence-electron chi connectivity index (χ3n) is 2.83. The third-order valence-corrected chi connectivity index (χ3v) is 3.43. The lowest BCUT2D eigenvalue weighted by Crippen LogP contribution is -1.91. The minimum atomic E-state index is -0.730. The van der Waals surface area contributed by atoms with Crippen molar-refractivity contribution < 1.29 is 14.4 Å². The van der Waals surface area contributed by atoms with Crippen LogP contribution < -0.4 is 0 Å². The van der Waals surface area contributed by atoms with Gasteiger partial charge in [-0.3, -0.25) is 10.1 Å². The Morgan fingerprint density at radius 1 is 1.41 bits per heavy atom. The van der Waals surface area contributed by atoms with E-state index >= 15 is 0 Å². The molecule has 0 aliphatic carbocycles. The molecule has 0 fully saturated rings. The van der Waals surface area contributed by atoms with Gasteiger partial charge in [-0.1, -0.05) is 12.1 Å². The van der Waals surface area contributed by atoms with Gasteiger partial charge in [0.25, 0.3) is 0 Å². The molecule has 0 amide bonds. The highest BCUT2D eigenvalue weighted by molar-refractivity contribution is 9.10. The second kappa shape index (κ2) is 6.37. The van der Waals surface area contributed by atoms with Crippen molar-refractivity contribution in [2.24, 2.45) is 0 Å². The summed E-state index contributed by atoms with van der Waals surface area (Å²) in [5.41, 5.74) is 0.343. The molecule has 22 heavy (non-hydrogen) atoms. The van der Waals surface area contributed by atoms with E-state index < -0.39 is 22.2 Å². The molecule has 0 heterocycles. The molecule has 0 saturated carbocycles. The first kappa shape index (κ1) is 15.7. The maximum atomic E-state index is 13.2. The summed E-state index contributed by atoms with van der Waals surface area (Å²) in [5, 5.41) is 29.7. The van der Waals surface area contributed by atoms with Crippen LogP contribution >= 0.6 is 15.9 Å². The number of aromatic hydroxyl groups is 1. The van der Waals surface area contributed by atoms with Crippen molar-refractivity contribution in [3.63, 3.8) is 0 Å². The van der Waals surface area contributed by atoms with Gasteiger partial charge in [0.15, 0.2) is 0 Å². The molecule has 0 atom stereocenters. The molecule has 0 aromatic heterocycles. The second-order valence-electron chi connectivity index (χ2n) is 4.31. The number of hydrogen-bond acceptors (Lipinski definition) is 4. The van der Waals surface area contributed by atoms with Crippen molar-refractivity contribution in [3.8, 4) is 11.8 Å². The normalized spacial score (nSPS) is 11.0. The van der Waals surface area contributed by atoms with E-state index in [9.17, 15) is 24.9 Å². The molecule has 0 spiro atoms. The molecular weight excluding hydrogens is 355 g/mol. The van der Waals surface area contributed by atoms with E-state index in [0.717, 1.165) is 6.07 Å². The number of benzene rings is 2. The van der Waals surface area contributed by atoms with Gasteiger partial charge in [0, 0.05) is 6.07 Å². The maximum absolute atomic E-state index is 13.2. The average Bonchev–Trinajstić information content (AvgIpc) is 2.47. The van der Waals surface area contributed by atoms with E-state index in [2.05, 4.69) is 15.9 Å². The Balaban J connectivity index is 2.56. The highest BCUT2D eigenvalue weighted by Crippen LogP contribution is 2.36. The topological polar surface area (TPSA) is 87.2 Å². The number of nitrogens with zero attached hydrogens (tertiary/aromatic N) is 2. The van der Waals surface area contributed by atoms with E-state index in [1.807, 2.05) is 6.07 Å². The van der Waals surface area contributed by atoms with Crippen LogP contribution in [0.2, 0.25) is 0 Å². The van der Waals surface area contributed by atoms with Crippen molar-refractivity contribution in [2.45, 2.75) is 0 Å². The van der Waals surface area contributed by atoms with Crippen LogP contribution in [0.1, 0.15) is 11.1 Å². The number of nitro groups is 1. The highest BCUT2D eigenvalue weighted by atomic mass is 79.9. The molecule has 0 unspecified atom stereocenters. The quantitative estimate of drug-likeness (QED) is 0.382. The molecular formula is C15H8BrFN2O3. The lowest BCUT2D eigenvalue weighted by atomic mass is 10.0. The molecule has 5 nitrogen and oxygen atoms in total. The fraction of sp³-hybridized carbons (Fsp3) is 0. The number of rotatable bonds is 3. The molecule has 110 valence electrons. The lowest BCUT2D eigenvalue weighted by molar-refractivity contribution is -0.386. The third kappa shape index (κ3) is 3.30. The number of nitriles is 1. The predicted molar refractivity (Wildman–Crippen MR) is 82.3 cm³/mol. The predicted octanol–water partition coefficient (Wildman–Crippen LogP) is 4.27. The van der Waals surface area contributed by atoms with Gasteiger partial charge in [-0.15, -0.1) is 0 Å².